The van der Waals surface area contributed by atoms with Gasteiger partial charge in [0, 0.05) is 24.1 Å². The van der Waals surface area contributed by atoms with Gasteiger partial charge in [-0.2, -0.15) is 12.6 Å². The average molecular weight is 429 g/mol. The van der Waals surface area contributed by atoms with Crippen molar-refractivity contribution in [2.45, 2.75) is 44.8 Å². The van der Waals surface area contributed by atoms with Gasteiger partial charge in [0.2, 0.25) is 17.7 Å². The summed E-state index contributed by atoms with van der Waals surface area (Å²) >= 11 is 3.91. The maximum absolute atomic E-state index is 12.7. The minimum absolute atomic E-state index is 0.0138. The number of nitrogens with zero attached hydrogens (tertiary/aromatic N) is 1. The third kappa shape index (κ3) is 8.11. The van der Waals surface area contributed by atoms with Crippen LogP contribution in [0.25, 0.3) is 0 Å². The molecule has 1 heterocycles. The first-order chi connectivity index (χ1) is 13.7. The molecule has 0 aliphatic carbocycles. The van der Waals surface area contributed by atoms with Crippen LogP contribution in [0.1, 0.15) is 26.0 Å². The van der Waals surface area contributed by atoms with Crippen LogP contribution in [0, 0.1) is 5.92 Å². The number of thiol groups is 1. The summed E-state index contributed by atoms with van der Waals surface area (Å²) in [5.74, 6) is -3.11. The van der Waals surface area contributed by atoms with Crippen LogP contribution in [0.5, 0.6) is 0 Å². The van der Waals surface area contributed by atoms with Crippen molar-refractivity contribution in [1.82, 2.24) is 25.9 Å². The first-order valence-electron chi connectivity index (χ1n) is 9.13. The Morgan fingerprint density at radius 2 is 1.97 bits per heavy atom. The second-order valence-electron chi connectivity index (χ2n) is 6.62. The quantitative estimate of drug-likeness (QED) is 0.196. The number of nitrogens with two attached hydrogens (primary N) is 1. The topological polar surface area (TPSA) is 179 Å². The fourth-order valence-electron chi connectivity index (χ4n) is 2.39. The van der Waals surface area contributed by atoms with Crippen LogP contribution in [0.4, 0.5) is 0 Å². The summed E-state index contributed by atoms with van der Waals surface area (Å²) in [5.41, 5.74) is 6.06. The Balaban J connectivity index is 2.74. The minimum atomic E-state index is -1.21. The van der Waals surface area contributed by atoms with Gasteiger partial charge in [-0.1, -0.05) is 20.3 Å². The molecule has 0 fully saturated rings. The normalized spacial score (nSPS) is 14.9. The summed E-state index contributed by atoms with van der Waals surface area (Å²) in [6, 6.07) is -3.01. The maximum atomic E-state index is 12.7. The smallest absolute Gasteiger partial charge is 0.326 e. The van der Waals surface area contributed by atoms with E-state index in [2.05, 4.69) is 38.5 Å². The molecular formula is C17H28N6O5S. The molecule has 0 spiro atoms. The molecule has 12 heteroatoms. The van der Waals surface area contributed by atoms with Gasteiger partial charge in [-0.05, 0) is 5.92 Å². The minimum Gasteiger partial charge on any atom is -0.480 e. The molecule has 7 N–H and O–H groups in total. The molecule has 0 saturated heterocycles. The number of nitrogens with one attached hydrogen (secondary N) is 4. The Kier molecular flexibility index (Phi) is 10.2. The second-order valence-corrected chi connectivity index (χ2v) is 6.98. The van der Waals surface area contributed by atoms with Crippen molar-refractivity contribution >= 4 is 36.3 Å². The third-order valence-corrected chi connectivity index (χ3v) is 4.76. The van der Waals surface area contributed by atoms with E-state index in [9.17, 15) is 24.3 Å². The molecule has 1 rings (SSSR count). The molecule has 0 saturated carbocycles. The monoisotopic (exact) mass is 428 g/mol. The van der Waals surface area contributed by atoms with E-state index in [1.165, 1.54) is 12.5 Å². The van der Waals surface area contributed by atoms with Gasteiger partial charge in [-0.15, -0.1) is 0 Å². The number of imidazole rings is 1. The van der Waals surface area contributed by atoms with Gasteiger partial charge in [0.1, 0.15) is 12.1 Å². The lowest BCUT2D eigenvalue weighted by molar-refractivity contribution is -0.142. The highest BCUT2D eigenvalue weighted by Crippen LogP contribution is 2.09. The summed E-state index contributed by atoms with van der Waals surface area (Å²) in [6.45, 7) is 3.23. The molecule has 0 radical (unpaired) electrons. The summed E-state index contributed by atoms with van der Waals surface area (Å²) < 4.78 is 0. The molecule has 4 unspecified atom stereocenters. The van der Waals surface area contributed by atoms with Crippen molar-refractivity contribution in [2.75, 3.05) is 12.3 Å². The zero-order valence-electron chi connectivity index (χ0n) is 16.3. The van der Waals surface area contributed by atoms with Crippen LogP contribution in [-0.4, -0.2) is 69.2 Å². The molecule has 162 valence electrons. The van der Waals surface area contributed by atoms with Crippen molar-refractivity contribution in [2.24, 2.45) is 11.7 Å². The number of rotatable bonds is 12. The lowest BCUT2D eigenvalue weighted by atomic mass is 9.97. The number of hydrogen-bond donors (Lipinski definition) is 7. The molecule has 0 aliphatic heterocycles. The SMILES string of the molecule is CCC(C)C(NC(=O)CNC(=O)C(N)CS)C(=O)NC(Cc1cnc[nH]1)C(=O)O. The molecule has 3 amide bonds. The van der Waals surface area contributed by atoms with E-state index in [0.29, 0.717) is 12.1 Å². The number of aromatic nitrogens is 2. The lowest BCUT2D eigenvalue weighted by Crippen LogP contribution is -2.56. The number of aromatic amines is 1. The molecule has 1 aromatic heterocycles. The van der Waals surface area contributed by atoms with Gasteiger partial charge in [-0.3, -0.25) is 14.4 Å². The van der Waals surface area contributed by atoms with Gasteiger partial charge < -0.3 is 31.8 Å². The summed E-state index contributed by atoms with van der Waals surface area (Å²) in [7, 11) is 0. The van der Waals surface area contributed by atoms with Crippen LogP contribution in [-0.2, 0) is 25.6 Å². The predicted molar refractivity (Wildman–Crippen MR) is 108 cm³/mol. The van der Waals surface area contributed by atoms with Crippen molar-refractivity contribution in [1.29, 1.82) is 0 Å². The number of carbonyl (C=O) groups excluding carboxylic acids is 3. The standard InChI is InChI=1S/C17H28N6O5S/c1-3-9(2)14(23-13(24)6-20-15(25)11(18)7-29)16(26)22-12(17(27)28)4-10-5-19-8-21-10/h5,8-9,11-12,14,29H,3-4,6-7,18H2,1-2H3,(H,19,21)(H,20,25)(H,22,26)(H,23,24)(H,27,28). The lowest BCUT2D eigenvalue weighted by Gasteiger charge is -2.25. The highest BCUT2D eigenvalue weighted by atomic mass is 32.1. The third-order valence-electron chi connectivity index (χ3n) is 4.36. The number of amides is 3. The van der Waals surface area contributed by atoms with Gasteiger partial charge >= 0.3 is 5.97 Å². The Morgan fingerprint density at radius 3 is 2.48 bits per heavy atom. The fraction of sp³-hybridized carbons (Fsp3) is 0.588. The van der Waals surface area contributed by atoms with Crippen molar-refractivity contribution in [3.05, 3.63) is 18.2 Å². The van der Waals surface area contributed by atoms with E-state index in [-0.39, 0.29) is 24.6 Å². The van der Waals surface area contributed by atoms with E-state index in [4.69, 9.17) is 5.73 Å². The Hall–Kier alpha value is -2.60. The van der Waals surface area contributed by atoms with Crippen molar-refractivity contribution < 1.29 is 24.3 Å². The first kappa shape index (κ1) is 24.4. The van der Waals surface area contributed by atoms with Crippen LogP contribution >= 0.6 is 12.6 Å². The Bertz CT molecular complexity index is 698. The summed E-state index contributed by atoms with van der Waals surface area (Å²) in [5, 5.41) is 16.8. The Morgan fingerprint density at radius 1 is 1.28 bits per heavy atom. The van der Waals surface area contributed by atoms with Crippen LogP contribution in [0.2, 0.25) is 0 Å². The van der Waals surface area contributed by atoms with E-state index < -0.39 is 41.8 Å². The van der Waals surface area contributed by atoms with Gasteiger partial charge in [0.25, 0.3) is 0 Å². The second kappa shape index (κ2) is 12.1. The number of aliphatic carboxylic acids is 1. The van der Waals surface area contributed by atoms with Gasteiger partial charge in [-0.25, -0.2) is 9.78 Å². The zero-order valence-corrected chi connectivity index (χ0v) is 17.2. The highest BCUT2D eigenvalue weighted by Gasteiger charge is 2.30. The first-order valence-corrected chi connectivity index (χ1v) is 9.76. The van der Waals surface area contributed by atoms with E-state index in [1.807, 2.05) is 6.92 Å². The Labute approximate surface area is 174 Å². The van der Waals surface area contributed by atoms with E-state index in [1.54, 1.807) is 6.92 Å². The molecule has 11 nitrogen and oxygen atoms in total. The van der Waals surface area contributed by atoms with Crippen LogP contribution < -0.4 is 21.7 Å². The van der Waals surface area contributed by atoms with Gasteiger partial charge in [0.05, 0.1) is 18.9 Å². The molecule has 0 aromatic carbocycles. The molecule has 4 atom stereocenters. The summed E-state index contributed by atoms with van der Waals surface area (Å²) in [4.78, 5) is 54.6. The van der Waals surface area contributed by atoms with Crippen LogP contribution in [0.3, 0.4) is 0 Å². The predicted octanol–water partition coefficient (Wildman–Crippen LogP) is -1.57. The number of carboxylic acids is 1. The van der Waals surface area contributed by atoms with Crippen molar-refractivity contribution in [3.8, 4) is 0 Å². The number of hydrogen-bond acceptors (Lipinski definition) is 7. The van der Waals surface area contributed by atoms with E-state index >= 15 is 0 Å². The molecule has 1 aromatic rings. The molecule has 0 bridgehead atoms. The maximum Gasteiger partial charge on any atom is 0.326 e. The van der Waals surface area contributed by atoms with E-state index in [0.717, 1.165) is 0 Å². The largest absolute Gasteiger partial charge is 0.480 e. The number of carbonyl (C=O) groups is 4. The van der Waals surface area contributed by atoms with Crippen LogP contribution in [0.15, 0.2) is 12.5 Å². The zero-order chi connectivity index (χ0) is 22.0. The average Bonchev–Trinajstić information content (AvgIpc) is 3.21. The highest BCUT2D eigenvalue weighted by molar-refractivity contribution is 7.80. The molecule has 29 heavy (non-hydrogen) atoms. The summed E-state index contributed by atoms with van der Waals surface area (Å²) in [6.07, 6.45) is 3.45. The number of carboxylic acid groups (broad SMARTS) is 1. The van der Waals surface area contributed by atoms with Gasteiger partial charge in [0.15, 0.2) is 0 Å². The molecule has 0 aliphatic rings. The van der Waals surface area contributed by atoms with Crippen molar-refractivity contribution in [3.63, 3.8) is 0 Å². The fourth-order valence-corrected chi connectivity index (χ4v) is 2.55. The molecular weight excluding hydrogens is 400 g/mol. The number of H-pyrrole nitrogens is 1.